The minimum absolute atomic E-state index is 0.0111. The van der Waals surface area contributed by atoms with Gasteiger partial charge in [0.05, 0.1) is 17.9 Å². The van der Waals surface area contributed by atoms with Gasteiger partial charge >= 0.3 is 0 Å². The van der Waals surface area contributed by atoms with Crippen molar-refractivity contribution in [1.82, 2.24) is 19.7 Å². The molecule has 4 rings (SSSR count). The third kappa shape index (κ3) is 3.85. The zero-order valence-corrected chi connectivity index (χ0v) is 15.0. The molecular weight excluding hydrogens is 338 g/mol. The van der Waals surface area contributed by atoms with Gasteiger partial charge in [0.1, 0.15) is 12.7 Å². The van der Waals surface area contributed by atoms with E-state index < -0.39 is 0 Å². The Bertz CT molecular complexity index is 755. The highest BCUT2D eigenvalue weighted by Crippen LogP contribution is 2.39. The normalized spacial score (nSPS) is 18.4. The first-order valence-corrected chi connectivity index (χ1v) is 9.20. The van der Waals surface area contributed by atoms with Crippen molar-refractivity contribution in [2.75, 3.05) is 11.9 Å². The van der Waals surface area contributed by atoms with E-state index in [1.54, 1.807) is 23.1 Å². The molecule has 7 heteroatoms. The molecule has 2 saturated carbocycles. The largest absolute Gasteiger partial charge is 0.323 e. The van der Waals surface area contributed by atoms with Crippen molar-refractivity contribution in [3.63, 3.8) is 0 Å². The van der Waals surface area contributed by atoms with Crippen LogP contribution in [0.2, 0.25) is 5.02 Å². The molecule has 2 aliphatic rings. The Morgan fingerprint density at radius 3 is 2.84 bits per heavy atom. The number of halogens is 1. The Hall–Kier alpha value is -1.92. The summed E-state index contributed by atoms with van der Waals surface area (Å²) in [7, 11) is 0. The van der Waals surface area contributed by atoms with Gasteiger partial charge in [-0.15, -0.1) is 0 Å². The first-order chi connectivity index (χ1) is 12.1. The van der Waals surface area contributed by atoms with Gasteiger partial charge in [-0.2, -0.15) is 5.10 Å². The first-order valence-electron chi connectivity index (χ1n) is 8.82. The van der Waals surface area contributed by atoms with Crippen LogP contribution in [0.3, 0.4) is 0 Å². The number of benzene rings is 1. The summed E-state index contributed by atoms with van der Waals surface area (Å²) in [6.45, 7) is 2.68. The summed E-state index contributed by atoms with van der Waals surface area (Å²) in [5.41, 5.74) is 1.40. The summed E-state index contributed by atoms with van der Waals surface area (Å²) < 4.78 is 1.62. The molecule has 2 fully saturated rings. The predicted octanol–water partition coefficient (Wildman–Crippen LogP) is 3.12. The average molecular weight is 360 g/mol. The molecule has 2 aliphatic carbocycles. The van der Waals surface area contributed by atoms with E-state index in [0.717, 1.165) is 11.6 Å². The van der Waals surface area contributed by atoms with Crippen LogP contribution >= 0.6 is 11.6 Å². The van der Waals surface area contributed by atoms with Crippen LogP contribution < -0.4 is 5.32 Å². The molecule has 132 valence electrons. The third-order valence-corrected chi connectivity index (χ3v) is 5.30. The summed E-state index contributed by atoms with van der Waals surface area (Å²) in [5.74, 6) is 0.744. The average Bonchev–Trinajstić information content (AvgIpc) is 3.51. The SMILES string of the molecule is CC(C1CC1)N(CC(=O)Nc1cc(Cl)ccc1-n1cncn1)C1CC1. The Kier molecular flexibility index (Phi) is 4.48. The van der Waals surface area contributed by atoms with Crippen molar-refractivity contribution in [2.24, 2.45) is 5.92 Å². The highest BCUT2D eigenvalue weighted by Gasteiger charge is 2.39. The van der Waals surface area contributed by atoms with Crippen molar-refractivity contribution in [2.45, 2.75) is 44.7 Å². The summed E-state index contributed by atoms with van der Waals surface area (Å²) in [6.07, 6.45) is 8.04. The van der Waals surface area contributed by atoms with E-state index >= 15 is 0 Å². The maximum Gasteiger partial charge on any atom is 0.238 e. The van der Waals surface area contributed by atoms with Gasteiger partial charge in [0, 0.05) is 17.1 Å². The van der Waals surface area contributed by atoms with E-state index in [1.807, 2.05) is 6.07 Å². The minimum atomic E-state index is -0.0111. The fourth-order valence-corrected chi connectivity index (χ4v) is 3.53. The van der Waals surface area contributed by atoms with E-state index in [-0.39, 0.29) is 5.91 Å². The number of anilines is 1. The molecule has 0 saturated heterocycles. The number of carbonyl (C=O) groups excluding carboxylic acids is 1. The molecule has 1 aromatic carbocycles. The Balaban J connectivity index is 1.49. The summed E-state index contributed by atoms with van der Waals surface area (Å²) >= 11 is 6.12. The molecule has 1 amide bonds. The van der Waals surface area contributed by atoms with Gasteiger partial charge in [-0.05, 0) is 56.7 Å². The number of aromatic nitrogens is 3. The molecule has 0 aliphatic heterocycles. The number of amides is 1. The summed E-state index contributed by atoms with van der Waals surface area (Å²) in [5, 5.41) is 7.73. The van der Waals surface area contributed by atoms with Crippen LogP contribution in [0.1, 0.15) is 32.6 Å². The van der Waals surface area contributed by atoms with E-state index in [0.29, 0.717) is 29.3 Å². The maximum absolute atomic E-state index is 12.7. The van der Waals surface area contributed by atoms with Crippen LogP contribution in [0.5, 0.6) is 0 Å². The second-order valence-electron chi connectivity index (χ2n) is 7.03. The minimum Gasteiger partial charge on any atom is -0.323 e. The van der Waals surface area contributed by atoms with Crippen LogP contribution in [-0.4, -0.2) is 44.2 Å². The Labute approximate surface area is 152 Å². The molecule has 1 atom stereocenters. The first kappa shape index (κ1) is 16.5. The van der Waals surface area contributed by atoms with Crippen LogP contribution in [0.4, 0.5) is 5.69 Å². The van der Waals surface area contributed by atoms with E-state index in [9.17, 15) is 4.79 Å². The molecule has 2 aromatic rings. The van der Waals surface area contributed by atoms with Gasteiger partial charge in [-0.25, -0.2) is 9.67 Å². The van der Waals surface area contributed by atoms with Gasteiger partial charge in [-0.1, -0.05) is 11.6 Å². The van der Waals surface area contributed by atoms with E-state index in [1.165, 1.54) is 32.0 Å². The third-order valence-electron chi connectivity index (χ3n) is 5.07. The van der Waals surface area contributed by atoms with Crippen molar-refractivity contribution in [3.05, 3.63) is 35.9 Å². The van der Waals surface area contributed by atoms with Crippen molar-refractivity contribution >= 4 is 23.2 Å². The molecule has 0 bridgehead atoms. The molecule has 1 aromatic heterocycles. The van der Waals surface area contributed by atoms with Gasteiger partial charge in [0.25, 0.3) is 0 Å². The molecule has 0 spiro atoms. The predicted molar refractivity (Wildman–Crippen MR) is 96.9 cm³/mol. The molecule has 1 heterocycles. The van der Waals surface area contributed by atoms with Crippen molar-refractivity contribution < 1.29 is 4.79 Å². The smallest absolute Gasteiger partial charge is 0.238 e. The van der Waals surface area contributed by atoms with Crippen molar-refractivity contribution in [1.29, 1.82) is 0 Å². The zero-order valence-electron chi connectivity index (χ0n) is 14.2. The molecular formula is C18H22ClN5O. The number of nitrogens with zero attached hydrogens (tertiary/aromatic N) is 4. The second kappa shape index (κ2) is 6.77. The fourth-order valence-electron chi connectivity index (χ4n) is 3.36. The maximum atomic E-state index is 12.7. The van der Waals surface area contributed by atoms with Gasteiger partial charge < -0.3 is 5.32 Å². The molecule has 1 unspecified atom stereocenters. The van der Waals surface area contributed by atoms with Crippen LogP contribution in [-0.2, 0) is 4.79 Å². The number of hydrogen-bond acceptors (Lipinski definition) is 4. The summed E-state index contributed by atoms with van der Waals surface area (Å²) in [4.78, 5) is 19.0. The van der Waals surface area contributed by atoms with Crippen LogP contribution in [0.15, 0.2) is 30.9 Å². The second-order valence-corrected chi connectivity index (χ2v) is 7.47. The highest BCUT2D eigenvalue weighted by atomic mass is 35.5. The lowest BCUT2D eigenvalue weighted by Crippen LogP contribution is -2.42. The highest BCUT2D eigenvalue weighted by molar-refractivity contribution is 6.31. The number of nitrogens with one attached hydrogen (secondary N) is 1. The zero-order chi connectivity index (χ0) is 17.4. The number of carbonyl (C=O) groups is 1. The number of hydrogen-bond donors (Lipinski definition) is 1. The standard InChI is InChI=1S/C18H22ClN5O/c1-12(13-2-3-13)23(15-5-6-15)9-18(25)22-16-8-14(19)4-7-17(16)24-11-20-10-21-24/h4,7-8,10-13,15H,2-3,5-6,9H2,1H3,(H,22,25). The van der Waals surface area contributed by atoms with Gasteiger partial charge in [0.15, 0.2) is 0 Å². The lowest BCUT2D eigenvalue weighted by molar-refractivity contribution is -0.118. The van der Waals surface area contributed by atoms with Gasteiger partial charge in [0.2, 0.25) is 5.91 Å². The van der Waals surface area contributed by atoms with Crippen LogP contribution in [0.25, 0.3) is 5.69 Å². The lowest BCUT2D eigenvalue weighted by Gasteiger charge is -2.28. The Morgan fingerprint density at radius 1 is 1.40 bits per heavy atom. The molecule has 25 heavy (non-hydrogen) atoms. The van der Waals surface area contributed by atoms with E-state index in [2.05, 4.69) is 27.2 Å². The van der Waals surface area contributed by atoms with Gasteiger partial charge in [-0.3, -0.25) is 9.69 Å². The van der Waals surface area contributed by atoms with E-state index in [4.69, 9.17) is 11.6 Å². The number of rotatable bonds is 7. The molecule has 6 nitrogen and oxygen atoms in total. The quantitative estimate of drug-likeness (QED) is 0.825. The fraction of sp³-hybridized carbons (Fsp3) is 0.500. The molecule has 0 radical (unpaired) electrons. The van der Waals surface area contributed by atoms with Crippen LogP contribution in [0, 0.1) is 5.92 Å². The summed E-state index contributed by atoms with van der Waals surface area (Å²) in [6, 6.07) is 6.41. The Morgan fingerprint density at radius 2 is 2.20 bits per heavy atom. The monoisotopic (exact) mass is 359 g/mol. The lowest BCUT2D eigenvalue weighted by atomic mass is 10.1. The van der Waals surface area contributed by atoms with Crippen molar-refractivity contribution in [3.8, 4) is 5.69 Å². The molecule has 1 N–H and O–H groups in total. The topological polar surface area (TPSA) is 63.1 Å².